The van der Waals surface area contributed by atoms with Crippen LogP contribution in [0, 0.1) is 18.7 Å². The van der Waals surface area contributed by atoms with Crippen molar-refractivity contribution in [2.45, 2.75) is 38.7 Å². The SMILES string of the molecule is Cc1cc(C2=NCc3ccc(C(=O)C[C@@H]4CCCN(CC(F)(F)c5ccccc5F)C4)cc32)ccn1. The first-order valence-electron chi connectivity index (χ1n) is 12.3. The van der Waals surface area contributed by atoms with Gasteiger partial charge in [-0.05, 0) is 62.1 Å². The first-order valence-corrected chi connectivity index (χ1v) is 12.3. The summed E-state index contributed by atoms with van der Waals surface area (Å²) in [5.41, 5.74) is 4.81. The van der Waals surface area contributed by atoms with E-state index in [0.717, 1.165) is 53.1 Å². The molecule has 0 bridgehead atoms. The highest BCUT2D eigenvalue weighted by molar-refractivity contribution is 6.16. The largest absolute Gasteiger partial charge is 0.297 e. The van der Waals surface area contributed by atoms with Crippen LogP contribution >= 0.6 is 0 Å². The van der Waals surface area contributed by atoms with E-state index in [4.69, 9.17) is 0 Å². The third-order valence-corrected chi connectivity index (χ3v) is 7.03. The summed E-state index contributed by atoms with van der Waals surface area (Å²) >= 11 is 0. The fourth-order valence-corrected chi connectivity index (χ4v) is 5.26. The van der Waals surface area contributed by atoms with Gasteiger partial charge >= 0.3 is 0 Å². The second-order valence-corrected chi connectivity index (χ2v) is 9.78. The van der Waals surface area contributed by atoms with E-state index in [0.29, 0.717) is 31.6 Å². The number of aryl methyl sites for hydroxylation is 1. The number of pyridine rings is 1. The van der Waals surface area contributed by atoms with E-state index in [9.17, 15) is 18.0 Å². The molecule has 7 heteroatoms. The fraction of sp³-hybridized carbons (Fsp3) is 0.345. The Labute approximate surface area is 208 Å². The minimum absolute atomic E-state index is 0.00247. The number of ketones is 1. The Kier molecular flexibility index (Phi) is 6.75. The Morgan fingerprint density at radius 1 is 1.14 bits per heavy atom. The maximum Gasteiger partial charge on any atom is 0.288 e. The first-order chi connectivity index (χ1) is 17.3. The summed E-state index contributed by atoms with van der Waals surface area (Å²) in [4.78, 5) is 23.8. The highest BCUT2D eigenvalue weighted by Gasteiger charge is 2.38. The Hall–Kier alpha value is -3.32. The number of alkyl halides is 2. The molecule has 2 aliphatic heterocycles. The number of aromatic nitrogens is 1. The predicted molar refractivity (Wildman–Crippen MR) is 133 cm³/mol. The minimum Gasteiger partial charge on any atom is -0.297 e. The summed E-state index contributed by atoms with van der Waals surface area (Å²) in [5, 5.41) is 0. The van der Waals surface area contributed by atoms with Crippen LogP contribution in [0.5, 0.6) is 0 Å². The highest BCUT2D eigenvalue weighted by atomic mass is 19.3. The van der Waals surface area contributed by atoms with Crippen molar-refractivity contribution in [3.8, 4) is 0 Å². The molecule has 0 saturated carbocycles. The molecule has 1 saturated heterocycles. The maximum atomic E-state index is 14.8. The van der Waals surface area contributed by atoms with Gasteiger partial charge in [0.15, 0.2) is 5.78 Å². The Morgan fingerprint density at radius 2 is 1.97 bits per heavy atom. The van der Waals surface area contributed by atoms with Gasteiger partial charge in [0, 0.05) is 41.5 Å². The van der Waals surface area contributed by atoms with Crippen LogP contribution in [0.2, 0.25) is 0 Å². The molecular weight excluding hydrogens is 463 g/mol. The number of hydrogen-bond donors (Lipinski definition) is 0. The van der Waals surface area contributed by atoms with Gasteiger partial charge in [-0.3, -0.25) is 19.7 Å². The summed E-state index contributed by atoms with van der Waals surface area (Å²) in [6, 6.07) is 14.6. The van der Waals surface area contributed by atoms with Gasteiger partial charge in [-0.15, -0.1) is 0 Å². The van der Waals surface area contributed by atoms with Gasteiger partial charge in [-0.2, -0.15) is 8.78 Å². The van der Waals surface area contributed by atoms with Crippen molar-refractivity contribution in [2.24, 2.45) is 10.9 Å². The Morgan fingerprint density at radius 3 is 2.78 bits per heavy atom. The van der Waals surface area contributed by atoms with Crippen molar-refractivity contribution in [3.05, 3.63) is 100 Å². The minimum atomic E-state index is -3.29. The Bertz CT molecular complexity index is 1320. The zero-order valence-electron chi connectivity index (χ0n) is 20.2. The number of hydrogen-bond acceptors (Lipinski definition) is 4. The number of carbonyl (C=O) groups is 1. The molecule has 4 nitrogen and oxygen atoms in total. The third kappa shape index (κ3) is 5.12. The van der Waals surface area contributed by atoms with E-state index < -0.39 is 23.8 Å². The molecule has 3 aromatic rings. The lowest BCUT2D eigenvalue weighted by Gasteiger charge is -2.34. The molecule has 3 heterocycles. The standard InChI is InChI=1S/C29H28F3N3O/c1-19-13-22(10-11-33-19)28-24-15-21(8-9-23(24)16-34-28)27(36)14-20-5-4-12-35(17-20)18-29(31,32)25-6-2-3-7-26(25)30/h2-3,6-11,13,15,20H,4-5,12,14,16-18H2,1H3/t20-/m0/s1. The molecule has 2 aromatic carbocycles. The third-order valence-electron chi connectivity index (χ3n) is 7.03. The van der Waals surface area contributed by atoms with E-state index >= 15 is 0 Å². The number of rotatable bonds is 7. The fourth-order valence-electron chi connectivity index (χ4n) is 5.26. The van der Waals surface area contributed by atoms with Crippen LogP contribution in [0.3, 0.4) is 0 Å². The van der Waals surface area contributed by atoms with Gasteiger partial charge in [0.2, 0.25) is 0 Å². The summed E-state index contributed by atoms with van der Waals surface area (Å²) in [5.74, 6) is -4.21. The summed E-state index contributed by atoms with van der Waals surface area (Å²) in [6.45, 7) is 2.86. The Balaban J connectivity index is 1.26. The average Bonchev–Trinajstić information content (AvgIpc) is 3.27. The number of nitrogens with zero attached hydrogens (tertiary/aromatic N) is 3. The van der Waals surface area contributed by atoms with Gasteiger partial charge in [-0.25, -0.2) is 4.39 Å². The van der Waals surface area contributed by atoms with Crippen molar-refractivity contribution in [2.75, 3.05) is 19.6 Å². The number of Topliss-reactive ketones (excluding diaryl/α,β-unsaturated/α-hetero) is 1. The normalized spacial score (nSPS) is 18.1. The van der Waals surface area contributed by atoms with Crippen LogP contribution in [-0.2, 0) is 12.5 Å². The van der Waals surface area contributed by atoms with Crippen LogP contribution in [0.25, 0.3) is 0 Å². The summed E-state index contributed by atoms with van der Waals surface area (Å²) in [7, 11) is 0. The number of piperidine rings is 1. The van der Waals surface area contributed by atoms with E-state index in [2.05, 4.69) is 9.98 Å². The monoisotopic (exact) mass is 491 g/mol. The second-order valence-electron chi connectivity index (χ2n) is 9.78. The van der Waals surface area contributed by atoms with E-state index in [1.54, 1.807) is 11.1 Å². The van der Waals surface area contributed by atoms with Gasteiger partial charge in [0.25, 0.3) is 5.92 Å². The zero-order chi connectivity index (χ0) is 25.3. The van der Waals surface area contributed by atoms with Gasteiger partial charge < -0.3 is 0 Å². The molecule has 0 unspecified atom stereocenters. The van der Waals surface area contributed by atoms with Crippen molar-refractivity contribution in [1.82, 2.24) is 9.88 Å². The topological polar surface area (TPSA) is 45.6 Å². The lowest BCUT2D eigenvalue weighted by Crippen LogP contribution is -2.42. The van der Waals surface area contributed by atoms with E-state index in [1.165, 1.54) is 12.1 Å². The number of fused-ring (bicyclic) bond motifs is 1. The molecule has 0 radical (unpaired) electrons. The van der Waals surface area contributed by atoms with Crippen molar-refractivity contribution >= 4 is 11.5 Å². The number of likely N-dealkylation sites (tertiary alicyclic amines) is 1. The predicted octanol–water partition coefficient (Wildman–Crippen LogP) is 5.96. The van der Waals surface area contributed by atoms with Gasteiger partial charge in [0.1, 0.15) is 5.82 Å². The van der Waals surface area contributed by atoms with Crippen molar-refractivity contribution in [1.29, 1.82) is 0 Å². The van der Waals surface area contributed by atoms with Crippen LogP contribution in [0.15, 0.2) is 65.8 Å². The quantitative estimate of drug-likeness (QED) is 0.383. The van der Waals surface area contributed by atoms with Crippen LogP contribution in [0.1, 0.15) is 57.6 Å². The first kappa shape index (κ1) is 24.4. The van der Waals surface area contributed by atoms with E-state index in [1.807, 2.05) is 37.3 Å². The van der Waals surface area contributed by atoms with Gasteiger partial charge in [-0.1, -0.05) is 30.3 Å². The molecule has 2 aliphatic rings. The molecule has 0 aliphatic carbocycles. The molecule has 0 N–H and O–H groups in total. The van der Waals surface area contributed by atoms with E-state index in [-0.39, 0.29) is 11.7 Å². The molecular formula is C29H28F3N3O. The molecule has 186 valence electrons. The molecule has 1 aromatic heterocycles. The summed E-state index contributed by atoms with van der Waals surface area (Å²) in [6.07, 6.45) is 3.58. The average molecular weight is 492 g/mol. The number of carbonyl (C=O) groups excluding carboxylic acids is 1. The molecule has 36 heavy (non-hydrogen) atoms. The van der Waals surface area contributed by atoms with Crippen molar-refractivity contribution < 1.29 is 18.0 Å². The van der Waals surface area contributed by atoms with Gasteiger partial charge in [0.05, 0.1) is 24.4 Å². The van der Waals surface area contributed by atoms with Crippen LogP contribution in [0.4, 0.5) is 13.2 Å². The lowest BCUT2D eigenvalue weighted by atomic mass is 9.89. The number of aliphatic imine (C=N–C) groups is 1. The lowest BCUT2D eigenvalue weighted by molar-refractivity contribution is -0.0488. The van der Waals surface area contributed by atoms with Crippen molar-refractivity contribution in [3.63, 3.8) is 0 Å². The smallest absolute Gasteiger partial charge is 0.288 e. The highest BCUT2D eigenvalue weighted by Crippen LogP contribution is 2.33. The number of halogens is 3. The molecule has 0 amide bonds. The molecule has 1 atom stereocenters. The molecule has 5 rings (SSSR count). The molecule has 0 spiro atoms. The van der Waals surface area contributed by atoms with Crippen LogP contribution < -0.4 is 0 Å². The summed E-state index contributed by atoms with van der Waals surface area (Å²) < 4.78 is 43.6. The second kappa shape index (κ2) is 9.97. The zero-order valence-corrected chi connectivity index (χ0v) is 20.2. The number of benzene rings is 2. The molecule has 1 fully saturated rings. The van der Waals surface area contributed by atoms with Crippen LogP contribution in [-0.4, -0.2) is 41.0 Å². The maximum absolute atomic E-state index is 14.8.